The fourth-order valence-corrected chi connectivity index (χ4v) is 3.14. The molecule has 0 fully saturated rings. The van der Waals surface area contributed by atoms with E-state index in [-0.39, 0.29) is 19.3 Å². The molecule has 0 saturated carbocycles. The number of ether oxygens (including phenoxy) is 3. The fourth-order valence-electron chi connectivity index (χ4n) is 2.81. The molecule has 0 aromatic rings. The standard InChI is InChI=1S/C20H42O6S/c1-3-4-5-6-7-8-9-10-11-12-13-14-15-26-20(2)18-24-16-17-25-19-27(21,22)23/h20H,3-19H2,1-2H3,(H,21,22,23). The summed E-state index contributed by atoms with van der Waals surface area (Å²) in [5.74, 6) is -0.693. The van der Waals surface area contributed by atoms with Gasteiger partial charge in [-0.2, -0.15) is 8.42 Å². The highest BCUT2D eigenvalue weighted by atomic mass is 32.2. The van der Waals surface area contributed by atoms with Gasteiger partial charge in [-0.1, -0.05) is 77.6 Å². The van der Waals surface area contributed by atoms with Gasteiger partial charge in [0, 0.05) is 6.61 Å². The molecule has 0 aliphatic rings. The summed E-state index contributed by atoms with van der Waals surface area (Å²) >= 11 is 0. The summed E-state index contributed by atoms with van der Waals surface area (Å²) in [5.41, 5.74) is 0. The van der Waals surface area contributed by atoms with Crippen LogP contribution in [0.15, 0.2) is 0 Å². The molecule has 164 valence electrons. The maximum atomic E-state index is 10.4. The van der Waals surface area contributed by atoms with E-state index in [1.807, 2.05) is 6.92 Å². The Hall–Kier alpha value is -0.210. The van der Waals surface area contributed by atoms with Gasteiger partial charge in [0.05, 0.1) is 25.9 Å². The van der Waals surface area contributed by atoms with Gasteiger partial charge in [-0.25, -0.2) is 0 Å². The zero-order valence-electron chi connectivity index (χ0n) is 17.5. The van der Waals surface area contributed by atoms with E-state index in [2.05, 4.69) is 6.92 Å². The quantitative estimate of drug-likeness (QED) is 0.212. The van der Waals surface area contributed by atoms with Crippen molar-refractivity contribution in [2.24, 2.45) is 0 Å². The van der Waals surface area contributed by atoms with Crippen molar-refractivity contribution >= 4 is 10.1 Å². The Morgan fingerprint density at radius 2 is 1.22 bits per heavy atom. The van der Waals surface area contributed by atoms with Crippen molar-refractivity contribution in [2.45, 2.75) is 97.0 Å². The van der Waals surface area contributed by atoms with Gasteiger partial charge in [0.15, 0.2) is 5.94 Å². The van der Waals surface area contributed by atoms with Gasteiger partial charge in [-0.3, -0.25) is 4.55 Å². The van der Waals surface area contributed by atoms with E-state index in [4.69, 9.17) is 18.8 Å². The van der Waals surface area contributed by atoms with Crippen LogP contribution in [0.25, 0.3) is 0 Å². The molecule has 0 amide bonds. The van der Waals surface area contributed by atoms with Crippen LogP contribution >= 0.6 is 0 Å². The van der Waals surface area contributed by atoms with Crippen LogP contribution < -0.4 is 0 Å². The van der Waals surface area contributed by atoms with Gasteiger partial charge in [0.1, 0.15) is 0 Å². The number of hydrogen-bond donors (Lipinski definition) is 1. The number of hydrogen-bond acceptors (Lipinski definition) is 5. The van der Waals surface area contributed by atoms with Crippen LogP contribution in [0.4, 0.5) is 0 Å². The highest BCUT2D eigenvalue weighted by Gasteiger charge is 2.05. The predicted molar refractivity (Wildman–Crippen MR) is 110 cm³/mol. The summed E-state index contributed by atoms with van der Waals surface area (Å²) in [7, 11) is -4.06. The first-order chi connectivity index (χ1) is 13.0. The normalized spacial score (nSPS) is 13.1. The van der Waals surface area contributed by atoms with Crippen molar-refractivity contribution in [3.63, 3.8) is 0 Å². The number of rotatable bonds is 21. The average Bonchev–Trinajstić information content (AvgIpc) is 2.61. The molecule has 0 radical (unpaired) electrons. The van der Waals surface area contributed by atoms with Crippen LogP contribution in [-0.4, -0.2) is 51.4 Å². The Bertz CT molecular complexity index is 399. The van der Waals surface area contributed by atoms with Gasteiger partial charge in [0.2, 0.25) is 0 Å². The topological polar surface area (TPSA) is 82.1 Å². The maximum Gasteiger partial charge on any atom is 0.289 e. The molecule has 7 heteroatoms. The predicted octanol–water partition coefficient (Wildman–Crippen LogP) is 4.97. The molecule has 0 spiro atoms. The van der Waals surface area contributed by atoms with Gasteiger partial charge in [0.25, 0.3) is 10.1 Å². The smallest absolute Gasteiger partial charge is 0.289 e. The van der Waals surface area contributed by atoms with E-state index >= 15 is 0 Å². The van der Waals surface area contributed by atoms with E-state index in [1.165, 1.54) is 70.6 Å². The summed E-state index contributed by atoms with van der Waals surface area (Å²) in [5, 5.41) is 0. The van der Waals surface area contributed by atoms with E-state index in [9.17, 15) is 8.42 Å². The molecule has 0 heterocycles. The lowest BCUT2D eigenvalue weighted by atomic mass is 10.1. The molecule has 27 heavy (non-hydrogen) atoms. The van der Waals surface area contributed by atoms with E-state index in [0.717, 1.165) is 13.0 Å². The lowest BCUT2D eigenvalue weighted by Gasteiger charge is -2.13. The zero-order chi connectivity index (χ0) is 20.2. The molecule has 0 aromatic carbocycles. The van der Waals surface area contributed by atoms with Crippen LogP contribution in [0.2, 0.25) is 0 Å². The third kappa shape index (κ3) is 23.8. The first kappa shape index (κ1) is 26.8. The molecule has 0 aliphatic heterocycles. The fraction of sp³-hybridized carbons (Fsp3) is 1.00. The Labute approximate surface area is 167 Å². The third-order valence-corrected chi connectivity index (χ3v) is 4.82. The van der Waals surface area contributed by atoms with Crippen LogP contribution in [-0.2, 0) is 24.3 Å². The van der Waals surface area contributed by atoms with Crippen molar-refractivity contribution in [1.82, 2.24) is 0 Å². The SMILES string of the molecule is CCCCCCCCCCCCCCOC(C)COCCOCS(=O)(=O)O. The van der Waals surface area contributed by atoms with Crippen molar-refractivity contribution in [2.75, 3.05) is 32.4 Å². The minimum absolute atomic E-state index is 0.0132. The Balaban J connectivity index is 3.20. The summed E-state index contributed by atoms with van der Waals surface area (Å²) in [6, 6.07) is 0. The van der Waals surface area contributed by atoms with E-state index in [0.29, 0.717) is 6.61 Å². The minimum Gasteiger partial charge on any atom is -0.376 e. The van der Waals surface area contributed by atoms with Crippen LogP contribution in [0.5, 0.6) is 0 Å². The molecule has 0 rings (SSSR count). The molecule has 1 atom stereocenters. The largest absolute Gasteiger partial charge is 0.376 e. The van der Waals surface area contributed by atoms with Gasteiger partial charge >= 0.3 is 0 Å². The maximum absolute atomic E-state index is 10.4. The second kappa shape index (κ2) is 19.1. The Morgan fingerprint density at radius 3 is 1.74 bits per heavy atom. The average molecular weight is 411 g/mol. The first-order valence-corrected chi connectivity index (χ1v) is 12.3. The number of unbranched alkanes of at least 4 members (excludes halogenated alkanes) is 11. The first-order valence-electron chi connectivity index (χ1n) is 10.7. The summed E-state index contributed by atoms with van der Waals surface area (Å²) in [4.78, 5) is 0. The van der Waals surface area contributed by atoms with Crippen LogP contribution in [0.3, 0.4) is 0 Å². The van der Waals surface area contributed by atoms with Crippen LogP contribution in [0, 0.1) is 0 Å². The molecule has 1 unspecified atom stereocenters. The highest BCUT2D eigenvalue weighted by molar-refractivity contribution is 7.85. The summed E-state index contributed by atoms with van der Waals surface area (Å²) < 4.78 is 45.2. The monoisotopic (exact) mass is 410 g/mol. The summed E-state index contributed by atoms with van der Waals surface area (Å²) in [6.45, 7) is 5.83. The van der Waals surface area contributed by atoms with Crippen molar-refractivity contribution in [3.8, 4) is 0 Å². The molecular formula is C20H42O6S. The van der Waals surface area contributed by atoms with Gasteiger partial charge < -0.3 is 14.2 Å². The van der Waals surface area contributed by atoms with Crippen molar-refractivity contribution < 1.29 is 27.2 Å². The molecule has 1 N–H and O–H groups in total. The molecule has 0 aromatic heterocycles. The van der Waals surface area contributed by atoms with E-state index < -0.39 is 16.1 Å². The van der Waals surface area contributed by atoms with Crippen LogP contribution in [0.1, 0.15) is 90.9 Å². The lowest BCUT2D eigenvalue weighted by Crippen LogP contribution is -2.19. The summed E-state index contributed by atoms with van der Waals surface area (Å²) in [6.07, 6.45) is 16.0. The molecule has 0 aliphatic carbocycles. The van der Waals surface area contributed by atoms with E-state index in [1.54, 1.807) is 0 Å². The van der Waals surface area contributed by atoms with Crippen molar-refractivity contribution in [1.29, 1.82) is 0 Å². The second-order valence-corrected chi connectivity index (χ2v) is 8.65. The highest BCUT2D eigenvalue weighted by Crippen LogP contribution is 2.12. The third-order valence-electron chi connectivity index (χ3n) is 4.36. The second-order valence-electron chi connectivity index (χ2n) is 7.25. The van der Waals surface area contributed by atoms with Gasteiger partial charge in [-0.15, -0.1) is 0 Å². The lowest BCUT2D eigenvalue weighted by molar-refractivity contribution is -0.0211. The zero-order valence-corrected chi connectivity index (χ0v) is 18.3. The molecular weight excluding hydrogens is 368 g/mol. The Kier molecular flexibility index (Phi) is 19.0. The van der Waals surface area contributed by atoms with Gasteiger partial charge in [-0.05, 0) is 13.3 Å². The minimum atomic E-state index is -4.06. The molecule has 0 bridgehead atoms. The Morgan fingerprint density at radius 1 is 0.741 bits per heavy atom. The molecule has 0 saturated heterocycles. The molecule has 6 nitrogen and oxygen atoms in total. The van der Waals surface area contributed by atoms with Crippen molar-refractivity contribution in [3.05, 3.63) is 0 Å².